The topological polar surface area (TPSA) is 46.3 Å². The molecule has 1 aromatic heterocycles. The second kappa shape index (κ2) is 10.6. The maximum Gasteiger partial charge on any atom is 0.420 e. The first-order valence-electron chi connectivity index (χ1n) is 10.9. The summed E-state index contributed by atoms with van der Waals surface area (Å²) in [7, 11) is 1.08. The highest BCUT2D eigenvalue weighted by Crippen LogP contribution is 2.47. The van der Waals surface area contributed by atoms with Crippen molar-refractivity contribution in [2.24, 2.45) is 0 Å². The predicted molar refractivity (Wildman–Crippen MR) is 118 cm³/mol. The molecule has 0 aliphatic rings. The van der Waals surface area contributed by atoms with Crippen molar-refractivity contribution in [3.8, 4) is 11.5 Å². The van der Waals surface area contributed by atoms with Gasteiger partial charge in [-0.15, -0.1) is 0 Å². The van der Waals surface area contributed by atoms with Crippen LogP contribution in [0.4, 0.5) is 32.0 Å². The number of hydrogen-bond acceptors (Lipinski definition) is 3. The number of aryl methyl sites for hydroxylation is 1. The van der Waals surface area contributed by atoms with Gasteiger partial charge in [-0.25, -0.2) is 0 Å². The van der Waals surface area contributed by atoms with Crippen molar-refractivity contribution in [1.82, 2.24) is 4.98 Å². The van der Waals surface area contributed by atoms with Gasteiger partial charge in [0.1, 0.15) is 16.9 Å². The van der Waals surface area contributed by atoms with Crippen LogP contribution < -0.4 is 10.2 Å². The maximum absolute atomic E-state index is 13.7. The lowest BCUT2D eigenvalue weighted by molar-refractivity contribution is -0.144. The molecular weight excluding hydrogens is 462 g/mol. The number of unbranched alkanes of at least 4 members (excludes halogenated alkanes) is 4. The van der Waals surface area contributed by atoms with E-state index in [0.29, 0.717) is 17.5 Å². The molecule has 0 saturated heterocycles. The van der Waals surface area contributed by atoms with E-state index in [9.17, 15) is 26.3 Å². The van der Waals surface area contributed by atoms with Crippen LogP contribution in [0.2, 0.25) is 0 Å². The summed E-state index contributed by atoms with van der Waals surface area (Å²) in [6, 6.07) is 5.42. The van der Waals surface area contributed by atoms with Crippen LogP contribution >= 0.6 is 0 Å². The zero-order chi connectivity index (χ0) is 24.9. The third kappa shape index (κ3) is 6.16. The van der Waals surface area contributed by atoms with Gasteiger partial charge in [0.15, 0.2) is 5.75 Å². The third-order valence-electron chi connectivity index (χ3n) is 5.43. The lowest BCUT2D eigenvalue weighted by Crippen LogP contribution is -2.15. The summed E-state index contributed by atoms with van der Waals surface area (Å²) in [5.41, 5.74) is 0.0582. The van der Waals surface area contributed by atoms with Crippen molar-refractivity contribution in [1.29, 1.82) is 0 Å². The molecule has 0 amide bonds. The van der Waals surface area contributed by atoms with Crippen molar-refractivity contribution in [3.63, 3.8) is 0 Å². The summed E-state index contributed by atoms with van der Waals surface area (Å²) in [4.78, 5) is 7.59. The number of aromatic nitrogens is 1. The van der Waals surface area contributed by atoms with Gasteiger partial charge in [0.05, 0.1) is 12.8 Å². The minimum absolute atomic E-state index is 0.122. The molecule has 1 heterocycles. The van der Waals surface area contributed by atoms with Gasteiger partial charge in [0, 0.05) is 17.1 Å². The van der Waals surface area contributed by atoms with Crippen LogP contribution in [0.1, 0.15) is 55.7 Å². The number of rotatable bonds is 10. The van der Waals surface area contributed by atoms with E-state index in [1.165, 1.54) is 12.1 Å². The largest absolute Gasteiger partial charge is 0.456 e. The van der Waals surface area contributed by atoms with E-state index in [2.05, 4.69) is 16.7 Å². The van der Waals surface area contributed by atoms with E-state index < -0.39 is 34.9 Å². The zero-order valence-corrected chi connectivity index (χ0v) is 18.8. The Bertz CT molecular complexity index is 1070. The Kier molecular flexibility index (Phi) is 8.01. The number of ether oxygens (including phenoxy) is 1. The molecule has 0 atom stereocenters. The summed E-state index contributed by atoms with van der Waals surface area (Å²) in [6.45, 7) is 2.12. The SMILES string of the molecule is CCCCCCCc1c[nH]c2ccc(Oc3c(C(F)(F)F)cc(NOC)cc3C(F)(F)F)cc12. The van der Waals surface area contributed by atoms with E-state index in [-0.39, 0.29) is 5.75 Å². The number of alkyl halides is 6. The molecule has 0 bridgehead atoms. The van der Waals surface area contributed by atoms with E-state index in [4.69, 9.17) is 4.74 Å². The fourth-order valence-corrected chi connectivity index (χ4v) is 3.80. The van der Waals surface area contributed by atoms with Crippen LogP contribution in [-0.2, 0) is 23.6 Å². The Morgan fingerprint density at radius 1 is 0.882 bits per heavy atom. The fraction of sp³-hybridized carbons (Fsp3) is 0.417. The van der Waals surface area contributed by atoms with E-state index >= 15 is 0 Å². The molecule has 0 radical (unpaired) electrons. The van der Waals surface area contributed by atoms with Crippen molar-refractivity contribution >= 4 is 16.6 Å². The first-order chi connectivity index (χ1) is 16.0. The standard InChI is InChI=1S/C24H26F6N2O2/c1-3-4-5-6-7-8-15-14-31-21-10-9-17(13-18(15)21)34-22-19(23(25,26)27)11-16(32-33-2)12-20(22)24(28,29)30/h9-14,31-32H,3-8H2,1-2H3. The normalized spacial score (nSPS) is 12.4. The lowest BCUT2D eigenvalue weighted by atomic mass is 10.0. The molecule has 0 fully saturated rings. The summed E-state index contributed by atoms with van der Waals surface area (Å²) < 4.78 is 87.6. The van der Waals surface area contributed by atoms with E-state index in [1.54, 1.807) is 6.07 Å². The molecule has 34 heavy (non-hydrogen) atoms. The Hall–Kier alpha value is -2.88. The smallest absolute Gasteiger partial charge is 0.420 e. The zero-order valence-electron chi connectivity index (χ0n) is 18.8. The van der Waals surface area contributed by atoms with Crippen molar-refractivity contribution in [3.05, 3.63) is 53.2 Å². The lowest BCUT2D eigenvalue weighted by Gasteiger charge is -2.20. The highest BCUT2D eigenvalue weighted by Gasteiger charge is 2.43. The number of benzene rings is 2. The minimum Gasteiger partial charge on any atom is -0.456 e. The predicted octanol–water partition coefficient (Wildman–Crippen LogP) is 8.48. The number of hydrogen-bond donors (Lipinski definition) is 2. The van der Waals surface area contributed by atoms with Crippen molar-refractivity contribution < 1.29 is 35.9 Å². The molecule has 3 rings (SSSR count). The van der Waals surface area contributed by atoms with E-state index in [1.807, 2.05) is 11.7 Å². The number of halogens is 6. The number of H-pyrrole nitrogens is 1. The Balaban J connectivity index is 1.99. The van der Waals surface area contributed by atoms with Gasteiger partial charge in [-0.3, -0.25) is 10.3 Å². The van der Waals surface area contributed by atoms with Crippen LogP contribution in [0.15, 0.2) is 36.5 Å². The van der Waals surface area contributed by atoms with Crippen LogP contribution in [-0.4, -0.2) is 12.1 Å². The minimum atomic E-state index is -5.09. The quantitative estimate of drug-likeness (QED) is 0.171. The molecular formula is C24H26F6N2O2. The molecule has 4 nitrogen and oxygen atoms in total. The molecule has 0 unspecified atom stereocenters. The van der Waals surface area contributed by atoms with Crippen LogP contribution in [0, 0.1) is 0 Å². The Labute approximate surface area is 193 Å². The summed E-state index contributed by atoms with van der Waals surface area (Å²) >= 11 is 0. The van der Waals surface area contributed by atoms with Crippen LogP contribution in [0.3, 0.4) is 0 Å². The number of anilines is 1. The first-order valence-corrected chi connectivity index (χ1v) is 10.9. The average Bonchev–Trinajstić information content (AvgIpc) is 3.15. The third-order valence-corrected chi connectivity index (χ3v) is 5.43. The second-order valence-corrected chi connectivity index (χ2v) is 7.99. The highest BCUT2D eigenvalue weighted by molar-refractivity contribution is 5.84. The van der Waals surface area contributed by atoms with Gasteiger partial charge in [0.2, 0.25) is 0 Å². The molecule has 0 spiro atoms. The maximum atomic E-state index is 13.7. The molecule has 0 aliphatic heterocycles. The van der Waals surface area contributed by atoms with Crippen LogP contribution in [0.25, 0.3) is 10.9 Å². The Morgan fingerprint density at radius 2 is 1.53 bits per heavy atom. The Morgan fingerprint density at radius 3 is 2.12 bits per heavy atom. The molecule has 2 N–H and O–H groups in total. The van der Waals surface area contributed by atoms with E-state index in [0.717, 1.165) is 56.7 Å². The van der Waals surface area contributed by atoms with Crippen molar-refractivity contribution in [2.45, 2.75) is 57.8 Å². The number of nitrogens with one attached hydrogen (secondary N) is 2. The second-order valence-electron chi connectivity index (χ2n) is 7.99. The molecule has 0 aliphatic carbocycles. The molecule has 3 aromatic rings. The van der Waals surface area contributed by atoms with Gasteiger partial charge < -0.3 is 9.72 Å². The molecule has 2 aromatic carbocycles. The van der Waals surface area contributed by atoms with Gasteiger partial charge in [-0.1, -0.05) is 32.6 Å². The molecule has 10 heteroatoms. The van der Waals surface area contributed by atoms with Gasteiger partial charge >= 0.3 is 12.4 Å². The van der Waals surface area contributed by atoms with Crippen molar-refractivity contribution in [2.75, 3.05) is 12.6 Å². The van der Waals surface area contributed by atoms with Gasteiger partial charge in [0.25, 0.3) is 0 Å². The number of fused-ring (bicyclic) bond motifs is 1. The fourth-order valence-electron chi connectivity index (χ4n) is 3.80. The first kappa shape index (κ1) is 25.7. The summed E-state index contributed by atoms with van der Waals surface area (Å²) in [5, 5.41) is 0.702. The summed E-state index contributed by atoms with van der Waals surface area (Å²) in [5.74, 6) is -1.43. The van der Waals surface area contributed by atoms with Gasteiger partial charge in [-0.2, -0.15) is 26.3 Å². The average molecular weight is 488 g/mol. The van der Waals surface area contributed by atoms with Crippen LogP contribution in [0.5, 0.6) is 11.5 Å². The molecule has 186 valence electrons. The van der Waals surface area contributed by atoms with Gasteiger partial charge in [-0.05, 0) is 48.7 Å². The summed E-state index contributed by atoms with van der Waals surface area (Å²) in [6.07, 6.45) is -2.28. The highest BCUT2D eigenvalue weighted by atomic mass is 19.4. The monoisotopic (exact) mass is 488 g/mol. The molecule has 0 saturated carbocycles. The number of aromatic amines is 1.